The second-order valence-corrected chi connectivity index (χ2v) is 4.13. The molecule has 0 unspecified atom stereocenters. The van der Waals surface area contributed by atoms with Crippen molar-refractivity contribution in [2.24, 2.45) is 0 Å². The van der Waals surface area contributed by atoms with E-state index in [1.807, 2.05) is 6.92 Å². The highest BCUT2D eigenvalue weighted by atomic mass is 17.2. The number of ether oxygens (including phenoxy) is 1. The first-order valence-corrected chi connectivity index (χ1v) is 6.63. The summed E-state index contributed by atoms with van der Waals surface area (Å²) >= 11 is 0. The normalized spacial score (nSPS) is 10.2. The molecule has 0 heterocycles. The fourth-order valence-corrected chi connectivity index (χ4v) is 1.39. The van der Waals surface area contributed by atoms with Gasteiger partial charge in [-0.05, 0) is 37.1 Å². The van der Waals surface area contributed by atoms with Crippen molar-refractivity contribution in [1.82, 2.24) is 0 Å². The Hall–Kier alpha value is -1.55. The molecule has 0 atom stereocenters. The number of carbonyl (C=O) groups excluding carboxylic acids is 1. The molecule has 0 saturated heterocycles. The number of carbonyl (C=O) groups is 1. The Labute approximate surface area is 114 Å². The molecule has 0 aliphatic carbocycles. The van der Waals surface area contributed by atoms with Crippen LogP contribution in [0.1, 0.15) is 43.0 Å². The highest BCUT2D eigenvalue weighted by molar-refractivity contribution is 5.89. The van der Waals surface area contributed by atoms with Crippen molar-refractivity contribution < 1.29 is 19.3 Å². The van der Waals surface area contributed by atoms with Gasteiger partial charge in [-0.3, -0.25) is 4.89 Å². The van der Waals surface area contributed by atoms with Gasteiger partial charge in [0.2, 0.25) is 0 Å². The molecule has 4 heteroatoms. The molecule has 0 N–H and O–H groups in total. The van der Waals surface area contributed by atoms with Crippen LogP contribution in [-0.4, -0.2) is 19.2 Å². The fourth-order valence-electron chi connectivity index (χ4n) is 1.39. The van der Waals surface area contributed by atoms with Crippen molar-refractivity contribution in [3.05, 3.63) is 36.8 Å². The second-order valence-electron chi connectivity index (χ2n) is 4.13. The van der Waals surface area contributed by atoms with Crippen molar-refractivity contribution in [3.8, 4) is 5.75 Å². The molecule has 0 amide bonds. The van der Waals surface area contributed by atoms with Gasteiger partial charge in [0.25, 0.3) is 0 Å². The summed E-state index contributed by atoms with van der Waals surface area (Å²) in [4.78, 5) is 21.1. The molecular weight excluding hydrogens is 244 g/mol. The number of hydrogen-bond donors (Lipinski definition) is 0. The Kier molecular flexibility index (Phi) is 7.66. The van der Waals surface area contributed by atoms with Gasteiger partial charge in [-0.1, -0.05) is 26.7 Å². The minimum absolute atomic E-state index is 0.402. The molecule has 0 fully saturated rings. The minimum Gasteiger partial charge on any atom is -0.494 e. The maximum atomic E-state index is 11.6. The van der Waals surface area contributed by atoms with Crippen LogP contribution in [0.3, 0.4) is 0 Å². The van der Waals surface area contributed by atoms with Crippen molar-refractivity contribution in [3.63, 3.8) is 0 Å². The van der Waals surface area contributed by atoms with Gasteiger partial charge in [-0.25, -0.2) is 4.79 Å². The van der Waals surface area contributed by atoms with Crippen LogP contribution in [0.2, 0.25) is 0 Å². The van der Waals surface area contributed by atoms with Gasteiger partial charge in [0, 0.05) is 0 Å². The first kappa shape index (κ1) is 15.5. The van der Waals surface area contributed by atoms with E-state index in [1.165, 1.54) is 0 Å². The van der Waals surface area contributed by atoms with Crippen LogP contribution in [0.25, 0.3) is 0 Å². The maximum absolute atomic E-state index is 11.6. The van der Waals surface area contributed by atoms with Gasteiger partial charge >= 0.3 is 5.97 Å². The smallest absolute Gasteiger partial charge is 0.373 e. The van der Waals surface area contributed by atoms with Gasteiger partial charge < -0.3 is 4.74 Å². The van der Waals surface area contributed by atoms with Crippen LogP contribution in [-0.2, 0) is 9.78 Å². The Morgan fingerprint density at radius 2 is 1.89 bits per heavy atom. The molecule has 0 aliphatic heterocycles. The van der Waals surface area contributed by atoms with E-state index < -0.39 is 5.97 Å². The maximum Gasteiger partial charge on any atom is 0.373 e. The summed E-state index contributed by atoms with van der Waals surface area (Å²) in [6.45, 7) is 6.83. The standard InChI is InChI=1S/C15H21O4/c1-3-5-6-12-18-19-15(16)13-7-9-14(10-8-13)17-11-4-2/h7-10H,1,3-6,11-12H2,2H3. The third-order valence-corrected chi connectivity index (χ3v) is 2.43. The van der Waals surface area contributed by atoms with E-state index in [1.54, 1.807) is 24.3 Å². The lowest BCUT2D eigenvalue weighted by Crippen LogP contribution is -2.07. The fraction of sp³-hybridized carbons (Fsp3) is 0.467. The van der Waals surface area contributed by atoms with E-state index in [0.29, 0.717) is 18.8 Å². The zero-order valence-corrected chi connectivity index (χ0v) is 11.4. The highest BCUT2D eigenvalue weighted by Gasteiger charge is 2.08. The molecule has 105 valence electrons. The predicted octanol–water partition coefficient (Wildman–Crippen LogP) is 3.57. The first-order valence-electron chi connectivity index (χ1n) is 6.63. The SMILES string of the molecule is [CH2]CCCCOOC(=O)c1ccc(OCCC)cc1. The van der Waals surface area contributed by atoms with Gasteiger partial charge in [0.05, 0.1) is 18.8 Å². The zero-order chi connectivity index (χ0) is 13.9. The van der Waals surface area contributed by atoms with E-state index >= 15 is 0 Å². The molecule has 0 aromatic heterocycles. The van der Waals surface area contributed by atoms with E-state index in [-0.39, 0.29) is 0 Å². The zero-order valence-electron chi connectivity index (χ0n) is 11.4. The predicted molar refractivity (Wildman–Crippen MR) is 72.8 cm³/mol. The molecule has 19 heavy (non-hydrogen) atoms. The number of benzene rings is 1. The van der Waals surface area contributed by atoms with Crippen molar-refractivity contribution in [2.45, 2.75) is 32.6 Å². The molecule has 0 aliphatic rings. The molecule has 0 spiro atoms. The summed E-state index contributed by atoms with van der Waals surface area (Å²) in [6.07, 6.45) is 3.60. The van der Waals surface area contributed by atoms with Crippen LogP contribution in [0, 0.1) is 6.92 Å². The second kappa shape index (κ2) is 9.39. The van der Waals surface area contributed by atoms with E-state index in [4.69, 9.17) is 14.5 Å². The number of hydrogen-bond acceptors (Lipinski definition) is 4. The molecule has 1 aromatic carbocycles. The Balaban J connectivity index is 2.32. The van der Waals surface area contributed by atoms with Gasteiger partial charge in [0.1, 0.15) is 5.75 Å². The summed E-state index contributed by atoms with van der Waals surface area (Å²) in [7, 11) is 0. The monoisotopic (exact) mass is 265 g/mol. The summed E-state index contributed by atoms with van der Waals surface area (Å²) in [5.41, 5.74) is 0.445. The Morgan fingerprint density at radius 3 is 2.53 bits per heavy atom. The lowest BCUT2D eigenvalue weighted by Gasteiger charge is -2.06. The Morgan fingerprint density at radius 1 is 1.16 bits per heavy atom. The molecule has 1 aromatic rings. The lowest BCUT2D eigenvalue weighted by atomic mass is 10.2. The quantitative estimate of drug-likeness (QED) is 0.389. The van der Waals surface area contributed by atoms with Gasteiger partial charge in [0.15, 0.2) is 0 Å². The summed E-state index contributed by atoms with van der Waals surface area (Å²) in [5.74, 6) is 0.256. The van der Waals surface area contributed by atoms with E-state index in [2.05, 4.69) is 6.92 Å². The summed E-state index contributed by atoms with van der Waals surface area (Å²) in [6, 6.07) is 6.81. The average molecular weight is 265 g/mol. The molecule has 1 radical (unpaired) electrons. The molecule has 0 saturated carbocycles. The summed E-state index contributed by atoms with van der Waals surface area (Å²) in [5, 5.41) is 0. The van der Waals surface area contributed by atoms with E-state index in [9.17, 15) is 4.79 Å². The Bertz CT molecular complexity index is 359. The van der Waals surface area contributed by atoms with Crippen molar-refractivity contribution in [1.29, 1.82) is 0 Å². The number of unbranched alkanes of at least 4 members (excludes halogenated alkanes) is 2. The third kappa shape index (κ3) is 6.25. The molecule has 4 nitrogen and oxygen atoms in total. The number of rotatable bonds is 9. The first-order chi connectivity index (χ1) is 9.27. The van der Waals surface area contributed by atoms with Crippen LogP contribution < -0.4 is 4.74 Å². The molecule has 1 rings (SSSR count). The van der Waals surface area contributed by atoms with Crippen LogP contribution in [0.4, 0.5) is 0 Å². The third-order valence-electron chi connectivity index (χ3n) is 2.43. The summed E-state index contributed by atoms with van der Waals surface area (Å²) < 4.78 is 5.43. The molecule has 0 bridgehead atoms. The largest absolute Gasteiger partial charge is 0.494 e. The average Bonchev–Trinajstić information content (AvgIpc) is 2.45. The highest BCUT2D eigenvalue weighted by Crippen LogP contribution is 2.13. The van der Waals surface area contributed by atoms with Gasteiger partial charge in [-0.15, -0.1) is 0 Å². The van der Waals surface area contributed by atoms with Gasteiger partial charge in [-0.2, -0.15) is 4.89 Å². The molecular formula is C15H21O4. The minimum atomic E-state index is -0.489. The van der Waals surface area contributed by atoms with Crippen LogP contribution in [0.15, 0.2) is 24.3 Å². The topological polar surface area (TPSA) is 44.8 Å². The lowest BCUT2D eigenvalue weighted by molar-refractivity contribution is -0.241. The van der Waals surface area contributed by atoms with Crippen molar-refractivity contribution in [2.75, 3.05) is 13.2 Å². The van der Waals surface area contributed by atoms with E-state index in [0.717, 1.165) is 31.4 Å². The van der Waals surface area contributed by atoms with Crippen LogP contribution in [0.5, 0.6) is 5.75 Å². The van der Waals surface area contributed by atoms with Crippen molar-refractivity contribution >= 4 is 5.97 Å². The van der Waals surface area contributed by atoms with Crippen LogP contribution >= 0.6 is 0 Å².